The first-order valence-corrected chi connectivity index (χ1v) is 5.26. The van der Waals surface area contributed by atoms with Gasteiger partial charge in [0.1, 0.15) is 0 Å². The maximum absolute atomic E-state index is 9.09. The van der Waals surface area contributed by atoms with Gasteiger partial charge in [-0.1, -0.05) is 20.3 Å². The second kappa shape index (κ2) is 4.62. The number of piperidine rings is 1. The molecule has 0 N–H and O–H groups in total. The first kappa shape index (κ1) is 10.5. The molecular weight excluding hydrogens is 160 g/mol. The van der Waals surface area contributed by atoms with E-state index in [1.165, 1.54) is 19.3 Å². The van der Waals surface area contributed by atoms with Crippen LogP contribution in [0.3, 0.4) is 0 Å². The van der Waals surface area contributed by atoms with Crippen LogP contribution < -0.4 is 0 Å². The smallest absolute Gasteiger partial charge is 0.0675 e. The normalized spacial score (nSPS) is 27.2. The van der Waals surface area contributed by atoms with Gasteiger partial charge in [-0.25, -0.2) is 0 Å². The molecule has 0 bridgehead atoms. The number of nitrogens with zero attached hydrogens (tertiary/aromatic N) is 2. The van der Waals surface area contributed by atoms with Crippen LogP contribution in [0.1, 0.15) is 33.1 Å². The minimum Gasteiger partial charge on any atom is -0.302 e. The number of rotatable bonds is 2. The number of hydrogen-bond acceptors (Lipinski definition) is 2. The molecule has 1 aliphatic heterocycles. The quantitative estimate of drug-likeness (QED) is 0.652. The van der Waals surface area contributed by atoms with Crippen molar-refractivity contribution in [1.82, 2.24) is 4.90 Å². The summed E-state index contributed by atoms with van der Waals surface area (Å²) in [5.41, 5.74) is 0. The molecule has 1 heterocycles. The largest absolute Gasteiger partial charge is 0.302 e. The zero-order valence-electron chi connectivity index (χ0n) is 8.95. The molecule has 0 spiro atoms. The van der Waals surface area contributed by atoms with Gasteiger partial charge in [-0.3, -0.25) is 0 Å². The van der Waals surface area contributed by atoms with Crippen LogP contribution in [0.25, 0.3) is 0 Å². The van der Waals surface area contributed by atoms with Gasteiger partial charge in [0.25, 0.3) is 0 Å². The fraction of sp³-hybridized carbons (Fsp3) is 0.909. The summed E-state index contributed by atoms with van der Waals surface area (Å²) in [6, 6.07) is 2.96. The molecule has 0 amide bonds. The third kappa shape index (κ3) is 2.45. The second-order valence-electron chi connectivity index (χ2n) is 4.44. The van der Waals surface area contributed by atoms with Crippen LogP contribution in [0.4, 0.5) is 0 Å². The van der Waals surface area contributed by atoms with Crippen molar-refractivity contribution in [2.24, 2.45) is 11.8 Å². The van der Waals surface area contributed by atoms with Crippen LogP contribution in [0.2, 0.25) is 0 Å². The molecular formula is C11H20N2. The fourth-order valence-electron chi connectivity index (χ4n) is 2.23. The first-order chi connectivity index (χ1) is 6.16. The number of nitriles is 1. The Hall–Kier alpha value is -0.550. The van der Waals surface area contributed by atoms with E-state index in [-0.39, 0.29) is 5.92 Å². The predicted molar refractivity (Wildman–Crippen MR) is 54.2 cm³/mol. The van der Waals surface area contributed by atoms with Crippen molar-refractivity contribution in [3.05, 3.63) is 0 Å². The van der Waals surface area contributed by atoms with Gasteiger partial charge < -0.3 is 4.90 Å². The van der Waals surface area contributed by atoms with Crippen molar-refractivity contribution in [1.29, 1.82) is 5.26 Å². The molecule has 0 aromatic rings. The molecule has 0 saturated carbocycles. The monoisotopic (exact) mass is 180 g/mol. The molecule has 0 aromatic heterocycles. The van der Waals surface area contributed by atoms with Gasteiger partial charge in [0, 0.05) is 6.04 Å². The maximum Gasteiger partial charge on any atom is 0.0675 e. The van der Waals surface area contributed by atoms with Crippen molar-refractivity contribution in [3.63, 3.8) is 0 Å². The highest BCUT2D eigenvalue weighted by Crippen LogP contribution is 2.26. The Labute approximate surface area is 81.5 Å². The molecule has 0 radical (unpaired) electrons. The Balaban J connectivity index is 2.61. The minimum atomic E-state index is 0.213. The summed E-state index contributed by atoms with van der Waals surface area (Å²) in [6.45, 7) is 5.46. The third-order valence-corrected chi connectivity index (χ3v) is 3.11. The summed E-state index contributed by atoms with van der Waals surface area (Å²) >= 11 is 0. The Morgan fingerprint density at radius 3 is 2.54 bits per heavy atom. The van der Waals surface area contributed by atoms with Crippen molar-refractivity contribution in [2.75, 3.05) is 13.6 Å². The molecule has 1 saturated heterocycles. The summed E-state index contributed by atoms with van der Waals surface area (Å²) in [5, 5.41) is 9.09. The van der Waals surface area contributed by atoms with Gasteiger partial charge in [0.05, 0.1) is 12.0 Å². The average Bonchev–Trinajstić information content (AvgIpc) is 2.09. The van der Waals surface area contributed by atoms with Gasteiger partial charge in [-0.2, -0.15) is 5.26 Å². The molecule has 2 atom stereocenters. The van der Waals surface area contributed by atoms with Crippen molar-refractivity contribution >= 4 is 0 Å². The Kier molecular flexibility index (Phi) is 3.74. The SMILES string of the molecule is CC(C)C(C#N)C1CCCCN1C. The average molecular weight is 180 g/mol. The van der Waals surface area contributed by atoms with E-state index in [9.17, 15) is 0 Å². The van der Waals surface area contributed by atoms with Gasteiger partial charge in [0.15, 0.2) is 0 Å². The first-order valence-electron chi connectivity index (χ1n) is 5.26. The lowest BCUT2D eigenvalue weighted by Gasteiger charge is -2.36. The van der Waals surface area contributed by atoms with Crippen LogP contribution in [0, 0.1) is 23.2 Å². The second-order valence-corrected chi connectivity index (χ2v) is 4.44. The van der Waals surface area contributed by atoms with Crippen LogP contribution in [0.5, 0.6) is 0 Å². The van der Waals surface area contributed by atoms with Gasteiger partial charge >= 0.3 is 0 Å². The molecule has 2 unspecified atom stereocenters. The Bertz CT molecular complexity index is 193. The van der Waals surface area contributed by atoms with E-state index in [1.807, 2.05) is 0 Å². The summed E-state index contributed by atoms with van der Waals surface area (Å²) in [4.78, 5) is 2.36. The highest BCUT2D eigenvalue weighted by molar-refractivity contribution is 4.95. The number of hydrogen-bond donors (Lipinski definition) is 0. The van der Waals surface area contributed by atoms with Crippen LogP contribution in [0.15, 0.2) is 0 Å². The molecule has 2 nitrogen and oxygen atoms in total. The van der Waals surface area contributed by atoms with Crippen LogP contribution >= 0.6 is 0 Å². The summed E-state index contributed by atoms with van der Waals surface area (Å²) in [5.74, 6) is 0.695. The Morgan fingerprint density at radius 2 is 2.08 bits per heavy atom. The molecule has 2 heteroatoms. The van der Waals surface area contributed by atoms with E-state index < -0.39 is 0 Å². The van der Waals surface area contributed by atoms with E-state index in [0.717, 1.165) is 6.54 Å². The van der Waals surface area contributed by atoms with Crippen molar-refractivity contribution in [2.45, 2.75) is 39.2 Å². The predicted octanol–water partition coefficient (Wildman–Crippen LogP) is 2.27. The zero-order chi connectivity index (χ0) is 9.84. The van der Waals surface area contributed by atoms with Gasteiger partial charge in [0.2, 0.25) is 0 Å². The lowest BCUT2D eigenvalue weighted by Crippen LogP contribution is -2.42. The standard InChI is InChI=1S/C11H20N2/c1-9(2)10(8-12)11-6-4-5-7-13(11)3/h9-11H,4-7H2,1-3H3. The van der Waals surface area contributed by atoms with E-state index >= 15 is 0 Å². The van der Waals surface area contributed by atoms with Crippen LogP contribution in [-0.2, 0) is 0 Å². The molecule has 13 heavy (non-hydrogen) atoms. The summed E-state index contributed by atoms with van der Waals surface area (Å²) in [6.07, 6.45) is 3.79. The van der Waals surface area contributed by atoms with E-state index in [1.54, 1.807) is 0 Å². The lowest BCUT2D eigenvalue weighted by atomic mass is 9.84. The molecule has 0 aromatic carbocycles. The summed E-state index contributed by atoms with van der Waals surface area (Å²) in [7, 11) is 2.15. The highest BCUT2D eigenvalue weighted by atomic mass is 15.1. The lowest BCUT2D eigenvalue weighted by molar-refractivity contribution is 0.130. The van der Waals surface area contributed by atoms with Crippen molar-refractivity contribution < 1.29 is 0 Å². The zero-order valence-corrected chi connectivity index (χ0v) is 8.95. The van der Waals surface area contributed by atoms with Crippen LogP contribution in [-0.4, -0.2) is 24.5 Å². The molecule has 1 aliphatic rings. The van der Waals surface area contributed by atoms with Gasteiger partial charge in [-0.05, 0) is 32.4 Å². The highest BCUT2D eigenvalue weighted by Gasteiger charge is 2.29. The molecule has 0 aliphatic carbocycles. The fourth-order valence-corrected chi connectivity index (χ4v) is 2.23. The van der Waals surface area contributed by atoms with E-state index in [0.29, 0.717) is 12.0 Å². The maximum atomic E-state index is 9.09. The molecule has 1 fully saturated rings. The van der Waals surface area contributed by atoms with Crippen molar-refractivity contribution in [3.8, 4) is 6.07 Å². The molecule has 74 valence electrons. The Morgan fingerprint density at radius 1 is 1.38 bits per heavy atom. The minimum absolute atomic E-state index is 0.213. The molecule has 1 rings (SSSR count). The van der Waals surface area contributed by atoms with Gasteiger partial charge in [-0.15, -0.1) is 0 Å². The summed E-state index contributed by atoms with van der Waals surface area (Å²) < 4.78 is 0. The van der Waals surface area contributed by atoms with E-state index in [4.69, 9.17) is 5.26 Å². The third-order valence-electron chi connectivity index (χ3n) is 3.11. The van der Waals surface area contributed by atoms with E-state index in [2.05, 4.69) is 31.9 Å². The topological polar surface area (TPSA) is 27.0 Å². The number of likely N-dealkylation sites (tertiary alicyclic amines) is 1.